The van der Waals surface area contributed by atoms with E-state index in [4.69, 9.17) is 4.74 Å². The molecule has 1 N–H and O–H groups in total. The van der Waals surface area contributed by atoms with Crippen LogP contribution in [0.15, 0.2) is 46.5 Å². The highest BCUT2D eigenvalue weighted by molar-refractivity contribution is 7.95. The molecule has 4 rings (SSSR count). The molecule has 11 heteroatoms. The number of hydrogen-bond donors (Lipinski definition) is 1. The first-order valence-corrected chi connectivity index (χ1v) is 12.5. The maximum absolute atomic E-state index is 15.1. The molecule has 0 aromatic heterocycles. The third-order valence-corrected chi connectivity index (χ3v) is 7.89. The van der Waals surface area contributed by atoms with E-state index >= 15 is 8.78 Å². The van der Waals surface area contributed by atoms with Crippen molar-refractivity contribution < 1.29 is 39.9 Å². The Morgan fingerprint density at radius 1 is 0.971 bits per heavy atom. The van der Waals surface area contributed by atoms with Gasteiger partial charge in [-0.1, -0.05) is 30.3 Å². The van der Waals surface area contributed by atoms with Gasteiger partial charge in [-0.3, -0.25) is 0 Å². The van der Waals surface area contributed by atoms with Gasteiger partial charge in [-0.15, -0.1) is 0 Å². The summed E-state index contributed by atoms with van der Waals surface area (Å²) in [5.74, 6) is -15.0. The largest absolute Gasteiger partial charge is 0.463 e. The second kappa shape index (κ2) is 9.44. The average molecular weight is 513 g/mol. The molecule has 0 spiro atoms. The fraction of sp³-hybridized carbons (Fsp3) is 0.292. The van der Waals surface area contributed by atoms with E-state index in [2.05, 4.69) is 5.32 Å². The average Bonchev–Trinajstić information content (AvgIpc) is 2.99. The molecule has 0 saturated carbocycles. The number of esters is 1. The molecule has 1 atom stereocenters. The zero-order valence-corrected chi connectivity index (χ0v) is 19.2. The molecule has 2 aliphatic rings. The Hall–Kier alpha value is -3.21. The lowest BCUT2D eigenvalue weighted by molar-refractivity contribution is -0.138. The third-order valence-electron chi connectivity index (χ3n) is 5.91. The number of dihydropyridines is 1. The molecule has 0 radical (unpaired) electrons. The minimum absolute atomic E-state index is 0.0309. The number of allylic oxidation sites excluding steroid dienone is 2. The van der Waals surface area contributed by atoms with Crippen molar-refractivity contribution in [3.63, 3.8) is 0 Å². The zero-order chi connectivity index (χ0) is 25.5. The van der Waals surface area contributed by atoms with E-state index in [1.54, 1.807) is 30.3 Å². The number of carbonyl (C=O) groups excluding carboxylic acids is 1. The molecule has 2 aliphatic heterocycles. The lowest BCUT2D eigenvalue weighted by Crippen LogP contribution is -2.34. The Morgan fingerprint density at radius 2 is 1.57 bits per heavy atom. The van der Waals surface area contributed by atoms with Gasteiger partial charge in [0.1, 0.15) is 0 Å². The number of hydrogen-bond acceptors (Lipinski definition) is 5. The van der Waals surface area contributed by atoms with Gasteiger partial charge in [0, 0.05) is 11.3 Å². The summed E-state index contributed by atoms with van der Waals surface area (Å²) in [6.07, 6.45) is 0.703. The first kappa shape index (κ1) is 24.9. The predicted octanol–water partition coefficient (Wildman–Crippen LogP) is 4.85. The Morgan fingerprint density at radius 3 is 2.17 bits per heavy atom. The topological polar surface area (TPSA) is 72.5 Å². The van der Waals surface area contributed by atoms with Crippen molar-refractivity contribution in [2.45, 2.75) is 32.1 Å². The number of ether oxygens (including phenoxy) is 1. The predicted molar refractivity (Wildman–Crippen MR) is 117 cm³/mol. The van der Waals surface area contributed by atoms with Crippen LogP contribution in [0.1, 0.15) is 43.2 Å². The second-order valence-corrected chi connectivity index (χ2v) is 10.1. The van der Waals surface area contributed by atoms with Crippen LogP contribution >= 0.6 is 0 Å². The maximum atomic E-state index is 15.1. The highest BCUT2D eigenvalue weighted by Crippen LogP contribution is 2.48. The molecule has 5 nitrogen and oxygen atoms in total. The SMILES string of the molecule is CCOC(=O)C1=C(c2ccccc2)NC2=C(C1c1c(F)c(F)c(F)c(F)c1F)S(=O)(=O)CCCC2. The van der Waals surface area contributed by atoms with Crippen molar-refractivity contribution in [3.05, 3.63) is 86.7 Å². The summed E-state index contributed by atoms with van der Waals surface area (Å²) >= 11 is 0. The Bertz CT molecular complexity index is 1340. The van der Waals surface area contributed by atoms with E-state index < -0.39 is 72.6 Å². The summed E-state index contributed by atoms with van der Waals surface area (Å²) in [5.41, 5.74) is -1.65. The lowest BCUT2D eigenvalue weighted by Gasteiger charge is -2.33. The molecule has 0 aliphatic carbocycles. The van der Waals surface area contributed by atoms with Gasteiger partial charge in [-0.2, -0.15) is 0 Å². The molecule has 0 amide bonds. The van der Waals surface area contributed by atoms with Gasteiger partial charge in [0.05, 0.1) is 34.5 Å². The van der Waals surface area contributed by atoms with Gasteiger partial charge in [0.25, 0.3) is 0 Å². The normalized spacial score (nSPS) is 19.7. The van der Waals surface area contributed by atoms with E-state index in [1.165, 1.54) is 6.92 Å². The number of nitrogens with one attached hydrogen (secondary N) is 1. The maximum Gasteiger partial charge on any atom is 0.337 e. The Balaban J connectivity index is 2.16. The van der Waals surface area contributed by atoms with Crippen molar-refractivity contribution in [2.75, 3.05) is 12.4 Å². The standard InChI is InChI=1S/C24H20F5NO4S/c1-2-34-24(31)16-14(15-17(25)19(27)21(29)20(28)18(15)26)23-13(10-6-7-11-35(23,32)33)30-22(16)12-8-4-3-5-9-12/h3-5,8-9,14,30H,2,6-7,10-11H2,1H3. The summed E-state index contributed by atoms with van der Waals surface area (Å²) in [7, 11) is -4.27. The zero-order valence-electron chi connectivity index (χ0n) is 18.4. The monoisotopic (exact) mass is 513 g/mol. The van der Waals surface area contributed by atoms with Gasteiger partial charge < -0.3 is 10.1 Å². The highest BCUT2D eigenvalue weighted by Gasteiger charge is 2.46. The minimum Gasteiger partial charge on any atom is -0.463 e. The van der Waals surface area contributed by atoms with Crippen LogP contribution in [0, 0.1) is 29.1 Å². The van der Waals surface area contributed by atoms with Crippen molar-refractivity contribution in [3.8, 4) is 0 Å². The van der Waals surface area contributed by atoms with Crippen LogP contribution in [0.3, 0.4) is 0 Å². The molecule has 2 heterocycles. The van der Waals surface area contributed by atoms with Crippen LogP contribution in [0.2, 0.25) is 0 Å². The molecule has 0 bridgehead atoms. The van der Waals surface area contributed by atoms with E-state index in [1.807, 2.05) is 0 Å². The van der Waals surface area contributed by atoms with Gasteiger partial charge in [-0.25, -0.2) is 35.2 Å². The van der Waals surface area contributed by atoms with Crippen LogP contribution in [-0.2, 0) is 19.4 Å². The quantitative estimate of drug-likeness (QED) is 0.274. The summed E-state index contributed by atoms with van der Waals surface area (Å²) in [6.45, 7) is 1.27. The summed E-state index contributed by atoms with van der Waals surface area (Å²) in [4.78, 5) is 12.6. The van der Waals surface area contributed by atoms with E-state index in [0.717, 1.165) is 0 Å². The highest BCUT2D eigenvalue weighted by atomic mass is 32.2. The minimum atomic E-state index is -4.27. The van der Waals surface area contributed by atoms with Crippen LogP contribution < -0.4 is 5.32 Å². The fourth-order valence-corrected chi connectivity index (χ4v) is 6.33. The van der Waals surface area contributed by atoms with E-state index in [0.29, 0.717) is 12.0 Å². The molecule has 1 unspecified atom stereocenters. The summed E-state index contributed by atoms with van der Waals surface area (Å²) < 4.78 is 104. The summed E-state index contributed by atoms with van der Waals surface area (Å²) in [6, 6.07) is 7.98. The Labute approximate surface area is 198 Å². The van der Waals surface area contributed by atoms with Crippen LogP contribution in [-0.4, -0.2) is 26.7 Å². The van der Waals surface area contributed by atoms with E-state index in [-0.39, 0.29) is 30.8 Å². The molecular formula is C24H20F5NO4S. The number of rotatable bonds is 4. The van der Waals surface area contributed by atoms with Crippen molar-refractivity contribution in [2.24, 2.45) is 0 Å². The lowest BCUT2D eigenvalue weighted by atomic mass is 9.83. The Kier molecular flexibility index (Phi) is 6.72. The second-order valence-electron chi connectivity index (χ2n) is 8.04. The smallest absolute Gasteiger partial charge is 0.337 e. The van der Waals surface area contributed by atoms with Crippen LogP contribution in [0.25, 0.3) is 5.70 Å². The van der Waals surface area contributed by atoms with Crippen molar-refractivity contribution in [1.29, 1.82) is 0 Å². The number of sulfone groups is 1. The van der Waals surface area contributed by atoms with E-state index in [9.17, 15) is 26.4 Å². The summed E-state index contributed by atoms with van der Waals surface area (Å²) in [5, 5.41) is 2.91. The molecular weight excluding hydrogens is 493 g/mol. The number of carbonyl (C=O) groups is 1. The molecule has 2 aromatic carbocycles. The molecule has 35 heavy (non-hydrogen) atoms. The van der Waals surface area contributed by atoms with Gasteiger partial charge in [-0.05, 0) is 31.7 Å². The van der Waals surface area contributed by atoms with Crippen molar-refractivity contribution >= 4 is 21.5 Å². The first-order valence-electron chi connectivity index (χ1n) is 10.8. The molecule has 0 fully saturated rings. The number of halogens is 5. The molecule has 2 aromatic rings. The molecule has 0 saturated heterocycles. The van der Waals surface area contributed by atoms with Crippen molar-refractivity contribution in [1.82, 2.24) is 5.32 Å². The first-order chi connectivity index (χ1) is 16.6. The third kappa shape index (κ3) is 4.22. The molecule has 186 valence electrons. The van der Waals surface area contributed by atoms with Gasteiger partial charge >= 0.3 is 5.97 Å². The number of benzene rings is 2. The van der Waals surface area contributed by atoms with Crippen LogP contribution in [0.5, 0.6) is 0 Å². The van der Waals surface area contributed by atoms with Gasteiger partial charge in [0.2, 0.25) is 5.82 Å². The fourth-order valence-electron chi connectivity index (χ4n) is 4.40. The van der Waals surface area contributed by atoms with Gasteiger partial charge in [0.15, 0.2) is 33.1 Å². The van der Waals surface area contributed by atoms with Crippen LogP contribution in [0.4, 0.5) is 22.0 Å².